The van der Waals surface area contributed by atoms with Crippen LogP contribution in [0.25, 0.3) is 0 Å². The normalized spacial score (nSPS) is 23.2. The van der Waals surface area contributed by atoms with Gasteiger partial charge in [0.2, 0.25) is 0 Å². The number of amides is 1. The molecule has 2 fully saturated rings. The van der Waals surface area contributed by atoms with Gasteiger partial charge in [0.25, 0.3) is 11.6 Å². The van der Waals surface area contributed by atoms with Gasteiger partial charge in [-0.25, -0.2) is 13.6 Å². The van der Waals surface area contributed by atoms with Gasteiger partial charge < -0.3 is 9.64 Å². The molecular formula is C21H29F2N3O4. The Morgan fingerprint density at radius 1 is 1.13 bits per heavy atom. The number of nitro benzene ring substituents is 1. The van der Waals surface area contributed by atoms with Crippen LogP contribution in [0.15, 0.2) is 24.3 Å². The van der Waals surface area contributed by atoms with Crippen LogP contribution in [-0.2, 0) is 4.74 Å². The minimum atomic E-state index is -3.00. The monoisotopic (exact) mass is 425 g/mol. The predicted octanol–water partition coefficient (Wildman–Crippen LogP) is 4.42. The maximum atomic E-state index is 14.9. The molecule has 2 aliphatic heterocycles. The van der Waals surface area contributed by atoms with Crippen LogP contribution >= 0.6 is 0 Å². The highest BCUT2D eigenvalue weighted by Gasteiger charge is 2.49. The van der Waals surface area contributed by atoms with E-state index < -0.39 is 35.1 Å². The first-order valence-electron chi connectivity index (χ1n) is 10.3. The zero-order valence-corrected chi connectivity index (χ0v) is 17.6. The Morgan fingerprint density at radius 2 is 1.73 bits per heavy atom. The number of carbonyl (C=O) groups excluding carboxylic acids is 1. The summed E-state index contributed by atoms with van der Waals surface area (Å²) in [6, 6.07) is 5.59. The molecule has 0 aliphatic carbocycles. The Bertz CT molecular complexity index is 771. The summed E-state index contributed by atoms with van der Waals surface area (Å²) in [5.74, 6) is -2.80. The molecule has 2 heterocycles. The Hall–Kier alpha value is -2.29. The lowest BCUT2D eigenvalue weighted by Crippen LogP contribution is -2.60. The highest BCUT2D eigenvalue weighted by atomic mass is 19.3. The van der Waals surface area contributed by atoms with Crippen molar-refractivity contribution in [2.24, 2.45) is 0 Å². The lowest BCUT2D eigenvalue weighted by molar-refractivity contribution is -0.384. The van der Waals surface area contributed by atoms with Gasteiger partial charge in [-0.2, -0.15) is 0 Å². The number of ether oxygens (including phenoxy) is 1. The first-order chi connectivity index (χ1) is 14.0. The second kappa shape index (κ2) is 8.45. The maximum Gasteiger partial charge on any atom is 0.410 e. The molecule has 1 atom stereocenters. The van der Waals surface area contributed by atoms with Crippen molar-refractivity contribution in [3.05, 3.63) is 39.9 Å². The number of alkyl halides is 2. The zero-order chi connectivity index (χ0) is 22.1. The third kappa shape index (κ3) is 5.24. The van der Waals surface area contributed by atoms with E-state index in [2.05, 4.69) is 0 Å². The van der Waals surface area contributed by atoms with Crippen LogP contribution in [0, 0.1) is 10.1 Å². The van der Waals surface area contributed by atoms with E-state index in [1.807, 2.05) is 4.90 Å². The van der Waals surface area contributed by atoms with E-state index in [0.29, 0.717) is 13.1 Å². The Morgan fingerprint density at radius 3 is 2.23 bits per heavy atom. The molecule has 0 radical (unpaired) electrons. The number of piperidine rings is 2. The van der Waals surface area contributed by atoms with Gasteiger partial charge in [-0.3, -0.25) is 15.0 Å². The summed E-state index contributed by atoms with van der Waals surface area (Å²) in [4.78, 5) is 25.5. The van der Waals surface area contributed by atoms with Crippen LogP contribution in [0.4, 0.5) is 19.3 Å². The van der Waals surface area contributed by atoms with E-state index in [1.54, 1.807) is 32.9 Å². The molecule has 166 valence electrons. The number of benzene rings is 1. The van der Waals surface area contributed by atoms with Crippen molar-refractivity contribution >= 4 is 11.8 Å². The molecule has 0 aromatic heterocycles. The van der Waals surface area contributed by atoms with Gasteiger partial charge in [0.1, 0.15) is 5.60 Å². The second-order valence-electron chi connectivity index (χ2n) is 9.13. The summed E-state index contributed by atoms with van der Waals surface area (Å²) in [5, 5.41) is 10.8. The average Bonchev–Trinajstić information content (AvgIpc) is 2.66. The van der Waals surface area contributed by atoms with Crippen molar-refractivity contribution < 1.29 is 23.2 Å². The zero-order valence-electron chi connectivity index (χ0n) is 17.6. The van der Waals surface area contributed by atoms with Crippen molar-refractivity contribution in [3.8, 4) is 0 Å². The molecule has 30 heavy (non-hydrogen) atoms. The predicted molar refractivity (Wildman–Crippen MR) is 108 cm³/mol. The van der Waals surface area contributed by atoms with Gasteiger partial charge >= 0.3 is 6.09 Å². The Balaban J connectivity index is 1.56. The largest absolute Gasteiger partial charge is 0.444 e. The summed E-state index contributed by atoms with van der Waals surface area (Å²) < 4.78 is 35.0. The second-order valence-corrected chi connectivity index (χ2v) is 9.13. The number of hydrogen-bond donors (Lipinski definition) is 0. The molecule has 0 bridgehead atoms. The molecule has 1 aromatic carbocycles. The molecule has 1 amide bonds. The number of nitro groups is 1. The van der Waals surface area contributed by atoms with Gasteiger partial charge in [-0.1, -0.05) is 12.1 Å². The molecule has 0 saturated carbocycles. The number of likely N-dealkylation sites (tertiary alicyclic amines) is 2. The van der Waals surface area contributed by atoms with Crippen LogP contribution in [0.1, 0.15) is 51.5 Å². The lowest BCUT2D eigenvalue weighted by atomic mass is 9.87. The fourth-order valence-electron chi connectivity index (χ4n) is 4.27. The molecule has 1 aromatic rings. The van der Waals surface area contributed by atoms with Crippen LogP contribution in [0.3, 0.4) is 0 Å². The summed E-state index contributed by atoms with van der Waals surface area (Å²) in [7, 11) is 0. The summed E-state index contributed by atoms with van der Waals surface area (Å²) in [6.07, 6.45) is 0.951. The Kier molecular flexibility index (Phi) is 6.31. The molecule has 1 unspecified atom stereocenters. The van der Waals surface area contributed by atoms with Gasteiger partial charge in [-0.15, -0.1) is 0 Å². The molecule has 0 N–H and O–H groups in total. The minimum Gasteiger partial charge on any atom is -0.444 e. The van der Waals surface area contributed by atoms with Gasteiger partial charge in [-0.05, 0) is 64.6 Å². The minimum absolute atomic E-state index is 0.0487. The standard InChI is InChI=1S/C21H29F2N3O4/c1-20(2,3)30-19(27)25-13-10-18(21(22,23)14-25)24-11-8-16(9-12-24)15-4-6-17(7-5-15)26(28)29/h4-7,16,18H,8-14H2,1-3H3. The number of halogens is 2. The SMILES string of the molecule is CC(C)(C)OC(=O)N1CCC(N2CCC(c3ccc([N+](=O)[O-])cc3)CC2)C(F)(F)C1. The van der Waals surface area contributed by atoms with E-state index in [-0.39, 0.29) is 24.6 Å². The highest BCUT2D eigenvalue weighted by Crippen LogP contribution is 2.36. The van der Waals surface area contributed by atoms with Gasteiger partial charge in [0.05, 0.1) is 17.5 Å². The summed E-state index contributed by atoms with van der Waals surface area (Å²) in [6.45, 7) is 5.83. The fraction of sp³-hybridized carbons (Fsp3) is 0.667. The molecule has 2 aliphatic rings. The van der Waals surface area contributed by atoms with Crippen LogP contribution in [-0.4, -0.2) is 64.6 Å². The van der Waals surface area contributed by atoms with Crippen LogP contribution in [0.5, 0.6) is 0 Å². The van der Waals surface area contributed by atoms with Crippen molar-refractivity contribution in [1.82, 2.24) is 9.80 Å². The number of carbonyl (C=O) groups is 1. The summed E-state index contributed by atoms with van der Waals surface area (Å²) >= 11 is 0. The molecule has 3 rings (SSSR count). The third-order valence-corrected chi connectivity index (χ3v) is 5.76. The molecule has 7 nitrogen and oxygen atoms in total. The van der Waals surface area contributed by atoms with Gasteiger partial charge in [0, 0.05) is 18.7 Å². The van der Waals surface area contributed by atoms with Crippen molar-refractivity contribution in [2.45, 2.75) is 63.5 Å². The quantitative estimate of drug-likeness (QED) is 0.529. The van der Waals surface area contributed by atoms with Crippen molar-refractivity contribution in [2.75, 3.05) is 26.2 Å². The molecular weight excluding hydrogens is 396 g/mol. The van der Waals surface area contributed by atoms with E-state index >= 15 is 0 Å². The van der Waals surface area contributed by atoms with Crippen LogP contribution in [0.2, 0.25) is 0 Å². The Labute approximate surface area is 175 Å². The first kappa shape index (κ1) is 22.4. The van der Waals surface area contributed by atoms with E-state index in [0.717, 1.165) is 23.3 Å². The van der Waals surface area contributed by atoms with Crippen molar-refractivity contribution in [3.63, 3.8) is 0 Å². The first-order valence-corrected chi connectivity index (χ1v) is 10.3. The summed E-state index contributed by atoms with van der Waals surface area (Å²) in [5.41, 5.74) is 0.336. The lowest BCUT2D eigenvalue weighted by Gasteiger charge is -2.45. The van der Waals surface area contributed by atoms with E-state index in [1.165, 1.54) is 12.1 Å². The number of hydrogen-bond acceptors (Lipinski definition) is 5. The average molecular weight is 425 g/mol. The topological polar surface area (TPSA) is 75.9 Å². The van der Waals surface area contributed by atoms with E-state index in [4.69, 9.17) is 4.74 Å². The third-order valence-electron chi connectivity index (χ3n) is 5.76. The number of non-ortho nitro benzene ring substituents is 1. The molecule has 0 spiro atoms. The number of rotatable bonds is 3. The fourth-order valence-corrected chi connectivity index (χ4v) is 4.27. The van der Waals surface area contributed by atoms with Gasteiger partial charge in [0.15, 0.2) is 0 Å². The molecule has 2 saturated heterocycles. The smallest absolute Gasteiger partial charge is 0.410 e. The number of nitrogens with zero attached hydrogens (tertiary/aromatic N) is 3. The highest BCUT2D eigenvalue weighted by molar-refractivity contribution is 5.68. The van der Waals surface area contributed by atoms with Crippen LogP contribution < -0.4 is 0 Å². The maximum absolute atomic E-state index is 14.9. The van der Waals surface area contributed by atoms with Crippen molar-refractivity contribution in [1.29, 1.82) is 0 Å². The van der Waals surface area contributed by atoms with E-state index in [9.17, 15) is 23.7 Å². The molecule has 9 heteroatoms.